The lowest BCUT2D eigenvalue weighted by Crippen LogP contribution is -2.38. The second-order valence-electron chi connectivity index (χ2n) is 3.31. The molecule has 1 heterocycles. The van der Waals surface area contributed by atoms with Gasteiger partial charge in [-0.05, 0) is 12.1 Å². The van der Waals surface area contributed by atoms with Crippen LogP contribution in [-0.4, -0.2) is 35.0 Å². The lowest BCUT2D eigenvalue weighted by molar-refractivity contribution is -0.129. The zero-order valence-electron chi connectivity index (χ0n) is 8.97. The molecule has 0 aromatic carbocycles. The Balaban J connectivity index is 2.63. The summed E-state index contributed by atoms with van der Waals surface area (Å²) in [6.45, 7) is 0. The molecule has 1 atom stereocenters. The first-order valence-electron chi connectivity index (χ1n) is 4.76. The van der Waals surface area contributed by atoms with Gasteiger partial charge in [0.2, 0.25) is 0 Å². The average Bonchev–Trinajstić information content (AvgIpc) is 2.74. The summed E-state index contributed by atoms with van der Waals surface area (Å²) in [4.78, 5) is 33.1. The summed E-state index contributed by atoms with van der Waals surface area (Å²) >= 11 is 6.70. The van der Waals surface area contributed by atoms with Gasteiger partial charge < -0.3 is 15.2 Å². The predicted octanol–water partition coefficient (Wildman–Crippen LogP) is 1.19. The van der Waals surface area contributed by atoms with Crippen LogP contribution in [0.1, 0.15) is 16.1 Å². The summed E-state index contributed by atoms with van der Waals surface area (Å²) in [7, 11) is 0. The number of rotatable bonds is 6. The minimum atomic E-state index is -1.42. The fourth-order valence-corrected chi connectivity index (χ4v) is 2.06. The van der Waals surface area contributed by atoms with Crippen LogP contribution in [0.25, 0.3) is 0 Å². The highest BCUT2D eigenvalue weighted by Crippen LogP contribution is 2.21. The molecule has 8 heteroatoms. The Morgan fingerprint density at radius 3 is 2.67 bits per heavy atom. The van der Waals surface area contributed by atoms with Crippen molar-refractivity contribution in [2.24, 2.45) is 0 Å². The van der Waals surface area contributed by atoms with Crippen molar-refractivity contribution in [2.45, 2.75) is 12.5 Å². The summed E-state index contributed by atoms with van der Waals surface area (Å²) in [6, 6.07) is 1.99. The zero-order chi connectivity index (χ0) is 13.7. The van der Waals surface area contributed by atoms with Crippen LogP contribution in [-0.2, 0) is 9.59 Å². The molecule has 6 nitrogen and oxygen atoms in total. The number of nitrogens with one attached hydrogen (secondary N) is 2. The Hall–Kier alpha value is -1.73. The third-order valence-electron chi connectivity index (χ3n) is 1.96. The number of carboxylic acid groups (broad SMARTS) is 1. The van der Waals surface area contributed by atoms with Crippen molar-refractivity contribution < 1.29 is 19.5 Å². The third-order valence-corrected chi connectivity index (χ3v) is 3.19. The lowest BCUT2D eigenvalue weighted by Gasteiger charge is -2.10. The maximum atomic E-state index is 11.6. The molecule has 0 fully saturated rings. The first kappa shape index (κ1) is 14.3. The van der Waals surface area contributed by atoms with Crippen molar-refractivity contribution >= 4 is 46.8 Å². The Morgan fingerprint density at radius 2 is 2.22 bits per heavy atom. The lowest BCUT2D eigenvalue weighted by atomic mass is 10.1. The van der Waals surface area contributed by atoms with E-state index < -0.39 is 23.6 Å². The predicted molar refractivity (Wildman–Crippen MR) is 66.6 cm³/mol. The number of carbonyl (C=O) groups excluding carboxylic acids is 2. The van der Waals surface area contributed by atoms with Gasteiger partial charge in [0.1, 0.15) is 12.0 Å². The van der Waals surface area contributed by atoms with Crippen LogP contribution in [0.5, 0.6) is 0 Å². The van der Waals surface area contributed by atoms with Gasteiger partial charge in [0.15, 0.2) is 0 Å². The molecule has 0 aliphatic heterocycles. The summed E-state index contributed by atoms with van der Waals surface area (Å²) in [6.07, 6.45) is 0.0360. The minimum absolute atomic E-state index is 0.314. The van der Waals surface area contributed by atoms with Gasteiger partial charge in [-0.2, -0.15) is 0 Å². The highest BCUT2D eigenvalue weighted by atomic mass is 35.5. The van der Waals surface area contributed by atoms with Gasteiger partial charge in [0.05, 0.1) is 15.3 Å². The molecule has 0 radical (unpaired) electrons. The molecule has 0 unspecified atom stereocenters. The van der Waals surface area contributed by atoms with Crippen molar-refractivity contribution in [1.29, 1.82) is 5.41 Å². The fourth-order valence-electron chi connectivity index (χ4n) is 1.12. The molecule has 1 aromatic heterocycles. The molecule has 3 N–H and O–H groups in total. The number of aldehydes is 1. The topological polar surface area (TPSA) is 107 Å². The molecule has 0 spiro atoms. The normalized spacial score (nSPS) is 11.6. The molecule has 96 valence electrons. The molecular formula is C10H9ClN2O4S. The molecule has 1 aromatic rings. The van der Waals surface area contributed by atoms with Crippen LogP contribution in [0.2, 0.25) is 4.34 Å². The molecule has 0 aliphatic carbocycles. The van der Waals surface area contributed by atoms with Crippen LogP contribution >= 0.6 is 22.9 Å². The van der Waals surface area contributed by atoms with Crippen molar-refractivity contribution in [2.75, 3.05) is 0 Å². The maximum Gasteiger partial charge on any atom is 0.349 e. The van der Waals surface area contributed by atoms with E-state index in [0.717, 1.165) is 11.3 Å². The van der Waals surface area contributed by atoms with Gasteiger partial charge in [0, 0.05) is 6.42 Å². The number of thiophene rings is 1. The monoisotopic (exact) mass is 288 g/mol. The highest BCUT2D eigenvalue weighted by Gasteiger charge is 2.18. The number of carbonyl (C=O) groups is 3. The van der Waals surface area contributed by atoms with Gasteiger partial charge in [-0.25, -0.2) is 4.79 Å². The van der Waals surface area contributed by atoms with Gasteiger partial charge in [-0.3, -0.25) is 10.2 Å². The van der Waals surface area contributed by atoms with E-state index in [2.05, 4.69) is 5.32 Å². The van der Waals surface area contributed by atoms with Gasteiger partial charge in [-0.1, -0.05) is 11.6 Å². The molecule has 18 heavy (non-hydrogen) atoms. The Labute approximate surface area is 111 Å². The average molecular weight is 289 g/mol. The minimum Gasteiger partial charge on any atom is -0.477 e. The van der Waals surface area contributed by atoms with Crippen LogP contribution in [0, 0.1) is 5.41 Å². The van der Waals surface area contributed by atoms with E-state index in [0.29, 0.717) is 15.5 Å². The van der Waals surface area contributed by atoms with Crippen LogP contribution in [0.3, 0.4) is 0 Å². The Bertz CT molecular complexity index is 500. The molecule has 0 saturated carbocycles. The number of amides is 1. The second kappa shape index (κ2) is 6.27. The van der Waals surface area contributed by atoms with E-state index in [1.807, 2.05) is 0 Å². The second-order valence-corrected chi connectivity index (χ2v) is 5.02. The number of carboxylic acids is 1. The first-order valence-corrected chi connectivity index (χ1v) is 5.95. The number of hydrogen-bond acceptors (Lipinski definition) is 5. The standard InChI is InChI=1S/C10H9ClN2O4S/c11-8-2-1-7(18-8)9(15)13-5(4-14)3-6(12)10(16)17/h1-2,4-5,12H,3H2,(H,13,15)(H,16,17)/t5-/m0/s1. The van der Waals surface area contributed by atoms with Crippen molar-refractivity contribution in [3.05, 3.63) is 21.3 Å². The first-order chi connectivity index (χ1) is 8.43. The Kier molecular flexibility index (Phi) is 4.99. The quantitative estimate of drug-likeness (QED) is 0.540. The van der Waals surface area contributed by atoms with Crippen molar-refractivity contribution in [3.63, 3.8) is 0 Å². The van der Waals surface area contributed by atoms with Crippen molar-refractivity contribution in [1.82, 2.24) is 5.32 Å². The highest BCUT2D eigenvalue weighted by molar-refractivity contribution is 7.18. The van der Waals surface area contributed by atoms with E-state index in [4.69, 9.17) is 22.1 Å². The molecular weight excluding hydrogens is 280 g/mol. The van der Waals surface area contributed by atoms with E-state index in [9.17, 15) is 14.4 Å². The van der Waals surface area contributed by atoms with Gasteiger partial charge >= 0.3 is 5.97 Å². The van der Waals surface area contributed by atoms with Gasteiger partial charge in [-0.15, -0.1) is 11.3 Å². The number of aliphatic carboxylic acids is 1. The fraction of sp³-hybridized carbons (Fsp3) is 0.200. The molecule has 0 aliphatic rings. The van der Waals surface area contributed by atoms with E-state index in [-0.39, 0.29) is 6.42 Å². The van der Waals surface area contributed by atoms with Crippen LogP contribution < -0.4 is 5.32 Å². The summed E-state index contributed by atoms with van der Waals surface area (Å²) in [5.41, 5.74) is -0.642. The van der Waals surface area contributed by atoms with Crippen molar-refractivity contribution in [3.8, 4) is 0 Å². The largest absolute Gasteiger partial charge is 0.477 e. The maximum absolute atomic E-state index is 11.6. The Morgan fingerprint density at radius 1 is 1.56 bits per heavy atom. The van der Waals surface area contributed by atoms with E-state index in [1.54, 1.807) is 0 Å². The smallest absolute Gasteiger partial charge is 0.349 e. The van der Waals surface area contributed by atoms with Crippen LogP contribution in [0.4, 0.5) is 0 Å². The molecule has 1 amide bonds. The summed E-state index contributed by atoms with van der Waals surface area (Å²) in [5.74, 6) is -1.95. The summed E-state index contributed by atoms with van der Waals surface area (Å²) < 4.78 is 0.432. The van der Waals surface area contributed by atoms with E-state index in [1.165, 1.54) is 12.1 Å². The zero-order valence-corrected chi connectivity index (χ0v) is 10.5. The van der Waals surface area contributed by atoms with E-state index >= 15 is 0 Å². The molecule has 0 saturated heterocycles. The molecule has 0 bridgehead atoms. The van der Waals surface area contributed by atoms with Gasteiger partial charge in [0.25, 0.3) is 5.91 Å². The summed E-state index contributed by atoms with van der Waals surface area (Å²) in [5, 5.41) is 17.9. The molecule has 1 rings (SSSR count). The number of hydrogen-bond donors (Lipinski definition) is 3. The third kappa shape index (κ3) is 3.94. The van der Waals surface area contributed by atoms with Crippen LogP contribution in [0.15, 0.2) is 12.1 Å². The SMILES string of the molecule is N=C(C[C@@H](C=O)NC(=O)c1ccc(Cl)s1)C(=O)O. The number of halogens is 1.